The van der Waals surface area contributed by atoms with Gasteiger partial charge in [0.05, 0.1) is 0 Å². The quantitative estimate of drug-likeness (QED) is 0.239. The fourth-order valence-electron chi connectivity index (χ4n) is 1.29. The molecule has 18 heavy (non-hydrogen) atoms. The van der Waals surface area contributed by atoms with Crippen LogP contribution in [0.25, 0.3) is 0 Å². The smallest absolute Gasteiger partial charge is 0.390 e. The van der Waals surface area contributed by atoms with E-state index in [0.29, 0.717) is 12.8 Å². The van der Waals surface area contributed by atoms with Crippen molar-refractivity contribution in [2.24, 2.45) is 0 Å². The summed E-state index contributed by atoms with van der Waals surface area (Å²) in [5, 5.41) is 0. The lowest BCUT2D eigenvalue weighted by atomic mass is 10.4. The van der Waals surface area contributed by atoms with Crippen molar-refractivity contribution in [1.82, 2.24) is 0 Å². The topological polar surface area (TPSA) is 148 Å². The summed E-state index contributed by atoms with van der Waals surface area (Å²) in [4.78, 5) is 55.1. The first kappa shape index (κ1) is 18.4. The summed E-state index contributed by atoms with van der Waals surface area (Å²) in [5.41, 5.74) is 0. The van der Waals surface area contributed by atoms with Crippen molar-refractivity contribution in [1.29, 1.82) is 0 Å². The van der Waals surface area contributed by atoms with Crippen LogP contribution in [-0.2, 0) is 8.68 Å². The first-order chi connectivity index (χ1) is 7.97. The molecule has 0 fully saturated rings. The molecule has 0 aromatic rings. The molecule has 0 rings (SSSR count). The zero-order valence-electron chi connectivity index (χ0n) is 10.2. The average Bonchev–Trinajstić information content (AvgIpc) is 2.10. The van der Waals surface area contributed by atoms with Crippen molar-refractivity contribution < 1.29 is 37.6 Å². The largest absolute Gasteiger partial charge is 0.488 e. The van der Waals surface area contributed by atoms with Gasteiger partial charge in [0.1, 0.15) is 0 Å². The standard InChI is InChI=1S/C7H21O8PSi2/c1-2-3-6-17(11,12)15-18(13,14)7-4-5-16(8,9)10/h11-14H,2-7H2,1H3,(H2,8,9,10). The van der Waals surface area contributed by atoms with Gasteiger partial charge in [0, 0.05) is 18.3 Å². The van der Waals surface area contributed by atoms with E-state index in [-0.39, 0.29) is 18.5 Å². The predicted molar refractivity (Wildman–Crippen MR) is 67.5 cm³/mol. The Morgan fingerprint density at radius 3 is 1.83 bits per heavy atom. The van der Waals surface area contributed by atoms with Crippen LogP contribution in [-0.4, -0.2) is 52.7 Å². The summed E-state index contributed by atoms with van der Waals surface area (Å²) in [7, 11) is -12.5. The molecule has 11 heteroatoms. The van der Waals surface area contributed by atoms with Gasteiger partial charge in [0.15, 0.2) is 0 Å². The molecule has 0 aromatic carbocycles. The second-order valence-corrected chi connectivity index (χ2v) is 10.7. The highest BCUT2D eigenvalue weighted by Crippen LogP contribution is 2.36. The van der Waals surface area contributed by atoms with Crippen LogP contribution in [0.5, 0.6) is 0 Å². The molecule has 0 unspecified atom stereocenters. The molecule has 0 aliphatic carbocycles. The lowest BCUT2D eigenvalue weighted by Crippen LogP contribution is -2.52. The summed E-state index contributed by atoms with van der Waals surface area (Å²) in [5.74, 6) is 0. The van der Waals surface area contributed by atoms with Crippen LogP contribution >= 0.6 is 7.60 Å². The molecule has 0 aromatic heterocycles. The molecule has 0 saturated carbocycles. The van der Waals surface area contributed by atoms with E-state index in [1.165, 1.54) is 0 Å². The maximum absolute atomic E-state index is 10.6. The number of rotatable bonds is 9. The first-order valence-electron chi connectivity index (χ1n) is 5.62. The predicted octanol–water partition coefficient (Wildman–Crippen LogP) is -0.782. The van der Waals surface area contributed by atoms with Crippen LogP contribution < -0.4 is 0 Å². The van der Waals surface area contributed by atoms with Crippen LogP contribution in [0.2, 0.25) is 12.1 Å². The zero-order chi connectivity index (χ0) is 14.4. The third kappa shape index (κ3) is 10.3. The van der Waals surface area contributed by atoms with Gasteiger partial charge >= 0.3 is 25.2 Å². The van der Waals surface area contributed by atoms with Gasteiger partial charge in [0.2, 0.25) is 0 Å². The molecule has 0 radical (unpaired) electrons. The Balaban J connectivity index is 4.16. The number of hydrogen-bond donors (Lipinski definition) is 6. The monoisotopic (exact) mass is 320 g/mol. The molecule has 6 N–H and O–H groups in total. The number of hydrogen-bond acceptors (Lipinski definition) is 6. The van der Waals surface area contributed by atoms with Crippen molar-refractivity contribution in [2.45, 2.75) is 38.3 Å². The summed E-state index contributed by atoms with van der Waals surface area (Å²) in [6.07, 6.45) is 0.559. The zero-order valence-corrected chi connectivity index (χ0v) is 13.1. The van der Waals surface area contributed by atoms with Gasteiger partial charge < -0.3 is 33.1 Å². The minimum Gasteiger partial charge on any atom is -0.390 e. The Morgan fingerprint density at radius 1 is 1.00 bits per heavy atom. The van der Waals surface area contributed by atoms with E-state index >= 15 is 0 Å². The molecule has 8 nitrogen and oxygen atoms in total. The van der Waals surface area contributed by atoms with Gasteiger partial charge in [-0.3, -0.25) is 4.57 Å². The van der Waals surface area contributed by atoms with Crippen molar-refractivity contribution in [3.8, 4) is 0 Å². The van der Waals surface area contributed by atoms with E-state index in [9.17, 15) is 23.7 Å². The van der Waals surface area contributed by atoms with Crippen LogP contribution in [0.3, 0.4) is 0 Å². The summed E-state index contributed by atoms with van der Waals surface area (Å²) >= 11 is 0. The molecule has 0 amide bonds. The molecular formula is C7H21O8PSi2. The second kappa shape index (κ2) is 7.24. The highest BCUT2D eigenvalue weighted by atomic mass is 31.2. The molecule has 0 aliphatic rings. The molecule has 0 heterocycles. The van der Waals surface area contributed by atoms with Gasteiger partial charge in [-0.2, -0.15) is 0 Å². The molecule has 0 spiro atoms. The van der Waals surface area contributed by atoms with E-state index < -0.39 is 31.4 Å². The maximum Gasteiger partial charge on any atom is 0.488 e. The molecule has 0 saturated heterocycles. The SMILES string of the molecule is CCCC[Si](O)(O)O[Si](O)(O)CCCP(=O)(O)O. The fourth-order valence-corrected chi connectivity index (χ4v) is 6.52. The van der Waals surface area contributed by atoms with Gasteiger partial charge in [-0.15, -0.1) is 0 Å². The fraction of sp³-hybridized carbons (Fsp3) is 1.00. The van der Waals surface area contributed by atoms with Gasteiger partial charge in [-0.25, -0.2) is 0 Å². The van der Waals surface area contributed by atoms with Gasteiger partial charge in [-0.05, 0) is 12.8 Å². The lowest BCUT2D eigenvalue weighted by molar-refractivity contribution is 0.153. The Labute approximate surface area is 108 Å². The second-order valence-electron chi connectivity index (χ2n) is 4.18. The molecule has 0 bridgehead atoms. The molecular weight excluding hydrogens is 299 g/mol. The van der Waals surface area contributed by atoms with E-state index in [1.54, 1.807) is 0 Å². The Kier molecular flexibility index (Phi) is 7.40. The average molecular weight is 320 g/mol. The minimum absolute atomic E-state index is 0.0299. The third-order valence-electron chi connectivity index (χ3n) is 2.13. The molecule has 0 atom stereocenters. The maximum atomic E-state index is 10.6. The highest BCUT2D eigenvalue weighted by molar-refractivity contribution is 7.51. The van der Waals surface area contributed by atoms with Gasteiger partial charge in [-0.1, -0.05) is 13.3 Å². The van der Waals surface area contributed by atoms with Crippen LogP contribution in [0, 0.1) is 0 Å². The van der Waals surface area contributed by atoms with Crippen molar-refractivity contribution in [2.75, 3.05) is 6.16 Å². The van der Waals surface area contributed by atoms with Crippen molar-refractivity contribution in [3.63, 3.8) is 0 Å². The van der Waals surface area contributed by atoms with Crippen LogP contribution in [0.1, 0.15) is 26.2 Å². The van der Waals surface area contributed by atoms with E-state index in [1.807, 2.05) is 6.92 Å². The van der Waals surface area contributed by atoms with Crippen molar-refractivity contribution in [3.05, 3.63) is 0 Å². The van der Waals surface area contributed by atoms with Crippen molar-refractivity contribution >= 4 is 25.2 Å². The van der Waals surface area contributed by atoms with E-state index in [4.69, 9.17) is 9.79 Å². The summed E-state index contributed by atoms with van der Waals surface area (Å²) < 4.78 is 15.1. The normalized spacial score (nSPS) is 13.9. The number of unbranched alkanes of at least 4 members (excludes halogenated alkanes) is 1. The molecule has 110 valence electrons. The summed E-state index contributed by atoms with van der Waals surface area (Å²) in [6, 6.07) is -0.405. The first-order valence-corrected chi connectivity index (χ1v) is 11.4. The van der Waals surface area contributed by atoms with Crippen LogP contribution in [0.4, 0.5) is 0 Å². The lowest BCUT2D eigenvalue weighted by Gasteiger charge is -2.25. The minimum atomic E-state index is -4.27. The van der Waals surface area contributed by atoms with Gasteiger partial charge in [0.25, 0.3) is 0 Å². The van der Waals surface area contributed by atoms with E-state index in [2.05, 4.69) is 4.12 Å². The Morgan fingerprint density at radius 2 is 1.44 bits per heavy atom. The van der Waals surface area contributed by atoms with Crippen LogP contribution in [0.15, 0.2) is 0 Å². The Hall–Kier alpha value is 0.384. The Bertz CT molecular complexity index is 291. The molecule has 0 aliphatic heterocycles. The summed E-state index contributed by atoms with van der Waals surface area (Å²) in [6.45, 7) is 1.84. The third-order valence-corrected chi connectivity index (χ3v) is 7.66. The highest BCUT2D eigenvalue weighted by Gasteiger charge is 2.44. The van der Waals surface area contributed by atoms with E-state index in [0.717, 1.165) is 0 Å².